The zero-order valence-electron chi connectivity index (χ0n) is 12.0. The van der Waals surface area contributed by atoms with Gasteiger partial charge in [0, 0.05) is 19.6 Å². The minimum Gasteiger partial charge on any atom is -0.495 e. The van der Waals surface area contributed by atoms with E-state index in [0.29, 0.717) is 18.8 Å². The van der Waals surface area contributed by atoms with E-state index >= 15 is 0 Å². The highest BCUT2D eigenvalue weighted by atomic mass is 32.2. The zero-order chi connectivity index (χ0) is 15.2. The highest BCUT2D eigenvalue weighted by molar-refractivity contribution is 7.89. The van der Waals surface area contributed by atoms with Crippen LogP contribution in [0.3, 0.4) is 0 Å². The summed E-state index contributed by atoms with van der Waals surface area (Å²) in [6.45, 7) is 6.59. The molecule has 1 aromatic rings. The molecule has 2 N–H and O–H groups in total. The molecular weight excluding hydrogens is 276 g/mol. The summed E-state index contributed by atoms with van der Waals surface area (Å²) in [6, 6.07) is 4.90. The number of methoxy groups -OCH3 is 1. The fourth-order valence-electron chi connectivity index (χ4n) is 1.89. The lowest BCUT2D eigenvalue weighted by molar-refractivity contribution is 0.394. The van der Waals surface area contributed by atoms with Crippen LogP contribution in [0.25, 0.3) is 0 Å². The van der Waals surface area contributed by atoms with Gasteiger partial charge in [-0.15, -0.1) is 6.58 Å². The van der Waals surface area contributed by atoms with Gasteiger partial charge in [-0.25, -0.2) is 8.42 Å². The molecule has 0 spiro atoms. The zero-order valence-corrected chi connectivity index (χ0v) is 12.8. The second-order valence-electron chi connectivity index (χ2n) is 4.34. The number of hydrogen-bond donors (Lipinski definition) is 1. The molecule has 1 rings (SSSR count). The molecule has 0 aliphatic carbocycles. The van der Waals surface area contributed by atoms with Gasteiger partial charge < -0.3 is 10.5 Å². The van der Waals surface area contributed by atoms with E-state index in [1.807, 2.05) is 6.92 Å². The Balaban J connectivity index is 3.28. The molecule has 5 nitrogen and oxygen atoms in total. The van der Waals surface area contributed by atoms with Gasteiger partial charge in [-0.1, -0.05) is 19.1 Å². The summed E-state index contributed by atoms with van der Waals surface area (Å²) >= 11 is 0. The first-order chi connectivity index (χ1) is 9.51. The van der Waals surface area contributed by atoms with Crippen LogP contribution in [0.1, 0.15) is 18.9 Å². The topological polar surface area (TPSA) is 72.6 Å². The number of rotatable bonds is 8. The van der Waals surface area contributed by atoms with E-state index in [-0.39, 0.29) is 11.4 Å². The van der Waals surface area contributed by atoms with E-state index in [2.05, 4.69) is 6.58 Å². The van der Waals surface area contributed by atoms with Crippen LogP contribution in [0.4, 0.5) is 0 Å². The summed E-state index contributed by atoms with van der Waals surface area (Å²) in [7, 11) is -2.15. The van der Waals surface area contributed by atoms with Crippen molar-refractivity contribution < 1.29 is 13.2 Å². The van der Waals surface area contributed by atoms with Gasteiger partial charge in [0.15, 0.2) is 0 Å². The lowest BCUT2D eigenvalue weighted by Gasteiger charge is -2.21. The van der Waals surface area contributed by atoms with E-state index in [0.717, 1.165) is 12.0 Å². The second kappa shape index (κ2) is 7.42. The normalized spacial score (nSPS) is 11.6. The summed E-state index contributed by atoms with van der Waals surface area (Å²) < 4.78 is 31.9. The van der Waals surface area contributed by atoms with Crippen LogP contribution >= 0.6 is 0 Å². The average molecular weight is 298 g/mol. The lowest BCUT2D eigenvalue weighted by atomic mass is 10.2. The third-order valence-electron chi connectivity index (χ3n) is 2.89. The van der Waals surface area contributed by atoms with Crippen molar-refractivity contribution in [3.8, 4) is 5.75 Å². The molecule has 0 heterocycles. The molecule has 20 heavy (non-hydrogen) atoms. The molecule has 0 atom stereocenters. The largest absolute Gasteiger partial charge is 0.495 e. The van der Waals surface area contributed by atoms with E-state index in [1.165, 1.54) is 11.4 Å². The van der Waals surface area contributed by atoms with Crippen LogP contribution in [-0.2, 0) is 16.6 Å². The van der Waals surface area contributed by atoms with Gasteiger partial charge >= 0.3 is 0 Å². The van der Waals surface area contributed by atoms with Crippen LogP contribution in [0.5, 0.6) is 5.75 Å². The van der Waals surface area contributed by atoms with Crippen molar-refractivity contribution >= 4 is 10.0 Å². The minimum absolute atomic E-state index is 0.160. The van der Waals surface area contributed by atoms with Crippen LogP contribution in [0.2, 0.25) is 0 Å². The maximum atomic E-state index is 12.7. The molecule has 1 aromatic carbocycles. The summed E-state index contributed by atoms with van der Waals surface area (Å²) in [4.78, 5) is 0.160. The number of sulfonamides is 1. The molecular formula is C14H22N2O3S. The third kappa shape index (κ3) is 3.59. The molecule has 0 aliphatic rings. The molecule has 6 heteroatoms. The first-order valence-electron chi connectivity index (χ1n) is 6.49. The van der Waals surface area contributed by atoms with E-state index in [4.69, 9.17) is 10.5 Å². The predicted molar refractivity (Wildman–Crippen MR) is 80.1 cm³/mol. The van der Waals surface area contributed by atoms with Gasteiger partial charge in [-0.3, -0.25) is 0 Å². The highest BCUT2D eigenvalue weighted by Crippen LogP contribution is 2.28. The molecule has 0 fully saturated rings. The standard InChI is InChI=1S/C14H22N2O3S/c1-4-8-16(9-5-2)20(17,18)14-7-6-12(11-15)10-13(14)19-3/h4,6-7,10H,1,5,8-9,11,15H2,2-3H3. The van der Waals surface area contributed by atoms with Gasteiger partial charge in [0.2, 0.25) is 10.0 Å². The van der Waals surface area contributed by atoms with Crippen molar-refractivity contribution in [3.63, 3.8) is 0 Å². The number of hydrogen-bond acceptors (Lipinski definition) is 4. The van der Waals surface area contributed by atoms with Gasteiger partial charge in [0.1, 0.15) is 10.6 Å². The Morgan fingerprint density at radius 2 is 2.15 bits per heavy atom. The maximum Gasteiger partial charge on any atom is 0.247 e. The quantitative estimate of drug-likeness (QED) is 0.742. The molecule has 0 saturated heterocycles. The highest BCUT2D eigenvalue weighted by Gasteiger charge is 2.26. The first-order valence-corrected chi connectivity index (χ1v) is 7.93. The number of nitrogens with two attached hydrogens (primary N) is 1. The fourth-order valence-corrected chi connectivity index (χ4v) is 3.53. The van der Waals surface area contributed by atoms with E-state index in [1.54, 1.807) is 24.3 Å². The van der Waals surface area contributed by atoms with Crippen LogP contribution < -0.4 is 10.5 Å². The lowest BCUT2D eigenvalue weighted by Crippen LogP contribution is -2.32. The molecule has 0 unspecified atom stereocenters. The SMILES string of the molecule is C=CCN(CCC)S(=O)(=O)c1ccc(CN)cc1OC. The van der Waals surface area contributed by atoms with Gasteiger partial charge in [0.05, 0.1) is 7.11 Å². The van der Waals surface area contributed by atoms with Crippen LogP contribution in [-0.4, -0.2) is 32.9 Å². The van der Waals surface area contributed by atoms with E-state index in [9.17, 15) is 8.42 Å². The van der Waals surface area contributed by atoms with Gasteiger partial charge in [-0.05, 0) is 24.1 Å². The molecule has 0 aliphatic heterocycles. The third-order valence-corrected chi connectivity index (χ3v) is 4.79. The summed E-state index contributed by atoms with van der Waals surface area (Å²) in [6.07, 6.45) is 2.31. The summed E-state index contributed by atoms with van der Waals surface area (Å²) in [5.74, 6) is 0.318. The Hall–Kier alpha value is -1.37. The number of benzene rings is 1. The van der Waals surface area contributed by atoms with Crippen molar-refractivity contribution in [2.75, 3.05) is 20.2 Å². The number of ether oxygens (including phenoxy) is 1. The smallest absolute Gasteiger partial charge is 0.247 e. The van der Waals surface area contributed by atoms with Crippen molar-refractivity contribution in [1.82, 2.24) is 4.31 Å². The Labute approximate surface area is 121 Å². The van der Waals surface area contributed by atoms with Gasteiger partial charge in [0.25, 0.3) is 0 Å². The number of nitrogens with zero attached hydrogens (tertiary/aromatic N) is 1. The maximum absolute atomic E-state index is 12.7. The molecule has 0 bridgehead atoms. The average Bonchev–Trinajstić information content (AvgIpc) is 2.46. The van der Waals surface area contributed by atoms with Crippen molar-refractivity contribution in [3.05, 3.63) is 36.4 Å². The van der Waals surface area contributed by atoms with Gasteiger partial charge in [-0.2, -0.15) is 4.31 Å². The van der Waals surface area contributed by atoms with Crippen molar-refractivity contribution in [2.45, 2.75) is 24.8 Å². The summed E-state index contributed by atoms with van der Waals surface area (Å²) in [5, 5.41) is 0. The predicted octanol–water partition coefficient (Wildman–Crippen LogP) is 1.74. The summed E-state index contributed by atoms with van der Waals surface area (Å²) in [5.41, 5.74) is 6.38. The van der Waals surface area contributed by atoms with Crippen LogP contribution in [0.15, 0.2) is 35.7 Å². The monoisotopic (exact) mass is 298 g/mol. The Kier molecular flexibility index (Phi) is 6.19. The van der Waals surface area contributed by atoms with Crippen molar-refractivity contribution in [2.24, 2.45) is 5.73 Å². The molecule has 0 amide bonds. The van der Waals surface area contributed by atoms with E-state index < -0.39 is 10.0 Å². The second-order valence-corrected chi connectivity index (χ2v) is 6.25. The Morgan fingerprint density at radius 1 is 1.45 bits per heavy atom. The Morgan fingerprint density at radius 3 is 2.65 bits per heavy atom. The van der Waals surface area contributed by atoms with Crippen LogP contribution in [0, 0.1) is 0 Å². The molecule has 112 valence electrons. The fraction of sp³-hybridized carbons (Fsp3) is 0.429. The minimum atomic E-state index is -3.60. The van der Waals surface area contributed by atoms with Crippen molar-refractivity contribution in [1.29, 1.82) is 0 Å². The first kappa shape index (κ1) is 16.7. The molecule has 0 saturated carbocycles. The molecule has 0 radical (unpaired) electrons. The molecule has 0 aromatic heterocycles. The Bertz CT molecular complexity index is 556.